The van der Waals surface area contributed by atoms with Gasteiger partial charge in [-0.05, 0) is 43.2 Å². The largest absolute Gasteiger partial charge is 0.362 e. The SMILES string of the molecule is C[C@@H](Nc1nc(C2=CCNCC2)nc2cn(C)nc12)c1ccc(Cl)cc1Cl. The van der Waals surface area contributed by atoms with Gasteiger partial charge in [-0.25, -0.2) is 9.97 Å². The highest BCUT2D eigenvalue weighted by molar-refractivity contribution is 6.35. The Balaban J connectivity index is 1.74. The monoisotopic (exact) mass is 402 g/mol. The fourth-order valence-electron chi connectivity index (χ4n) is 3.23. The first-order valence-corrected chi connectivity index (χ1v) is 9.60. The van der Waals surface area contributed by atoms with Crippen LogP contribution in [0.3, 0.4) is 0 Å². The lowest BCUT2D eigenvalue weighted by Gasteiger charge is -2.18. The van der Waals surface area contributed by atoms with Gasteiger partial charge in [0, 0.05) is 23.6 Å². The van der Waals surface area contributed by atoms with Gasteiger partial charge in [0.1, 0.15) is 5.52 Å². The number of anilines is 1. The van der Waals surface area contributed by atoms with E-state index in [-0.39, 0.29) is 6.04 Å². The molecule has 0 spiro atoms. The Labute approximate surface area is 167 Å². The minimum atomic E-state index is -0.0651. The number of halogens is 2. The predicted octanol–water partition coefficient (Wildman–Crippen LogP) is 4.22. The number of aryl methyl sites for hydroxylation is 1. The number of hydrogen-bond donors (Lipinski definition) is 2. The van der Waals surface area contributed by atoms with Gasteiger partial charge in [0.25, 0.3) is 0 Å². The molecule has 0 unspecified atom stereocenters. The summed E-state index contributed by atoms with van der Waals surface area (Å²) in [6, 6.07) is 5.45. The number of rotatable bonds is 4. The minimum absolute atomic E-state index is 0.0651. The molecule has 0 radical (unpaired) electrons. The molecule has 0 bridgehead atoms. The number of benzene rings is 1. The summed E-state index contributed by atoms with van der Waals surface area (Å²) in [6.45, 7) is 3.80. The zero-order valence-electron chi connectivity index (χ0n) is 15.1. The van der Waals surface area contributed by atoms with Crippen molar-refractivity contribution >= 4 is 45.6 Å². The maximum absolute atomic E-state index is 6.37. The van der Waals surface area contributed by atoms with Crippen LogP contribution in [-0.4, -0.2) is 32.8 Å². The zero-order valence-corrected chi connectivity index (χ0v) is 16.6. The Morgan fingerprint density at radius 2 is 2.11 bits per heavy atom. The van der Waals surface area contributed by atoms with E-state index >= 15 is 0 Å². The quantitative estimate of drug-likeness (QED) is 0.683. The average molecular weight is 403 g/mol. The molecule has 4 rings (SSSR count). The van der Waals surface area contributed by atoms with Crippen LogP contribution in [0, 0.1) is 0 Å². The first-order valence-electron chi connectivity index (χ1n) is 8.84. The first kappa shape index (κ1) is 18.2. The molecule has 2 N–H and O–H groups in total. The van der Waals surface area contributed by atoms with Crippen molar-refractivity contribution in [3.63, 3.8) is 0 Å². The van der Waals surface area contributed by atoms with Crippen molar-refractivity contribution in [1.29, 1.82) is 0 Å². The van der Waals surface area contributed by atoms with Crippen molar-refractivity contribution in [3.05, 3.63) is 51.9 Å². The topological polar surface area (TPSA) is 67.7 Å². The van der Waals surface area contributed by atoms with Gasteiger partial charge in [0.05, 0.1) is 12.2 Å². The molecule has 0 amide bonds. The van der Waals surface area contributed by atoms with Crippen LogP contribution >= 0.6 is 23.2 Å². The van der Waals surface area contributed by atoms with Crippen LogP contribution < -0.4 is 10.6 Å². The Hall–Kier alpha value is -2.15. The molecule has 2 aromatic heterocycles. The molecule has 140 valence electrons. The normalized spacial score (nSPS) is 15.6. The molecule has 3 aromatic rings. The summed E-state index contributed by atoms with van der Waals surface area (Å²) in [5, 5.41) is 12.5. The lowest BCUT2D eigenvalue weighted by Crippen LogP contribution is -2.21. The van der Waals surface area contributed by atoms with Crippen LogP contribution in [0.4, 0.5) is 5.82 Å². The molecule has 1 atom stereocenters. The van der Waals surface area contributed by atoms with Crippen LogP contribution in [-0.2, 0) is 7.05 Å². The van der Waals surface area contributed by atoms with Crippen molar-refractivity contribution in [3.8, 4) is 0 Å². The van der Waals surface area contributed by atoms with Crippen molar-refractivity contribution in [1.82, 2.24) is 25.1 Å². The van der Waals surface area contributed by atoms with Gasteiger partial charge in [0.15, 0.2) is 17.2 Å². The molecule has 0 saturated heterocycles. The van der Waals surface area contributed by atoms with Gasteiger partial charge < -0.3 is 10.6 Å². The van der Waals surface area contributed by atoms with E-state index in [0.717, 1.165) is 47.5 Å². The summed E-state index contributed by atoms with van der Waals surface area (Å²) in [7, 11) is 1.88. The maximum Gasteiger partial charge on any atom is 0.159 e. The zero-order chi connectivity index (χ0) is 19.0. The van der Waals surface area contributed by atoms with Gasteiger partial charge in [-0.2, -0.15) is 5.10 Å². The van der Waals surface area contributed by atoms with Gasteiger partial charge in [-0.3, -0.25) is 4.68 Å². The third-order valence-corrected chi connectivity index (χ3v) is 5.17. The lowest BCUT2D eigenvalue weighted by atomic mass is 10.1. The molecule has 0 aliphatic carbocycles. The van der Waals surface area contributed by atoms with Crippen LogP contribution in [0.2, 0.25) is 10.0 Å². The van der Waals surface area contributed by atoms with E-state index in [4.69, 9.17) is 33.2 Å². The standard InChI is InChI=1S/C19H20Cl2N6/c1-11(14-4-3-13(20)9-15(14)21)23-19-17-16(10-27(2)26-17)24-18(25-19)12-5-7-22-8-6-12/h3-5,9-11,22H,6-8H2,1-2H3,(H,23,24,25)/t11-/m1/s1. The van der Waals surface area contributed by atoms with Crippen LogP contribution in [0.1, 0.15) is 30.8 Å². The minimum Gasteiger partial charge on any atom is -0.362 e. The molecule has 8 heteroatoms. The molecular weight excluding hydrogens is 383 g/mol. The number of fused-ring (bicyclic) bond motifs is 1. The highest BCUT2D eigenvalue weighted by Gasteiger charge is 2.18. The van der Waals surface area contributed by atoms with Crippen molar-refractivity contribution in [2.45, 2.75) is 19.4 Å². The number of aromatic nitrogens is 4. The summed E-state index contributed by atoms with van der Waals surface area (Å²) >= 11 is 12.4. The second-order valence-corrected chi connectivity index (χ2v) is 7.49. The smallest absolute Gasteiger partial charge is 0.159 e. The molecule has 3 heterocycles. The van der Waals surface area contributed by atoms with E-state index in [1.54, 1.807) is 10.7 Å². The molecule has 0 fully saturated rings. The van der Waals surface area contributed by atoms with Crippen molar-refractivity contribution in [2.24, 2.45) is 7.05 Å². The molecule has 1 aliphatic rings. The third kappa shape index (κ3) is 3.78. The van der Waals surface area contributed by atoms with Crippen LogP contribution in [0.15, 0.2) is 30.5 Å². The van der Waals surface area contributed by atoms with Crippen LogP contribution in [0.25, 0.3) is 16.6 Å². The molecule has 27 heavy (non-hydrogen) atoms. The van der Waals surface area contributed by atoms with E-state index in [2.05, 4.69) is 21.8 Å². The predicted molar refractivity (Wildman–Crippen MR) is 110 cm³/mol. The summed E-state index contributed by atoms with van der Waals surface area (Å²) < 4.78 is 1.76. The highest BCUT2D eigenvalue weighted by atomic mass is 35.5. The molecule has 6 nitrogen and oxygen atoms in total. The fourth-order valence-corrected chi connectivity index (χ4v) is 3.80. The van der Waals surface area contributed by atoms with Crippen molar-refractivity contribution in [2.75, 3.05) is 18.4 Å². The number of hydrogen-bond acceptors (Lipinski definition) is 5. The second kappa shape index (κ2) is 7.46. The van der Waals surface area contributed by atoms with Gasteiger partial charge in [-0.1, -0.05) is 35.3 Å². The Kier molecular flexibility index (Phi) is 5.04. The van der Waals surface area contributed by atoms with Gasteiger partial charge in [-0.15, -0.1) is 0 Å². The van der Waals surface area contributed by atoms with Crippen LogP contribution in [0.5, 0.6) is 0 Å². The van der Waals surface area contributed by atoms with E-state index in [0.29, 0.717) is 15.9 Å². The first-order chi connectivity index (χ1) is 13.0. The van der Waals surface area contributed by atoms with E-state index in [1.165, 1.54) is 0 Å². The summed E-state index contributed by atoms with van der Waals surface area (Å²) in [4.78, 5) is 9.50. The summed E-state index contributed by atoms with van der Waals surface area (Å²) in [5.74, 6) is 1.45. The average Bonchev–Trinajstić information content (AvgIpc) is 3.03. The van der Waals surface area contributed by atoms with Gasteiger partial charge in [0.2, 0.25) is 0 Å². The molecule has 1 aliphatic heterocycles. The van der Waals surface area contributed by atoms with E-state index in [9.17, 15) is 0 Å². The molecule has 0 saturated carbocycles. The Morgan fingerprint density at radius 1 is 1.26 bits per heavy atom. The van der Waals surface area contributed by atoms with Crippen molar-refractivity contribution < 1.29 is 0 Å². The van der Waals surface area contributed by atoms with E-state index < -0.39 is 0 Å². The van der Waals surface area contributed by atoms with Gasteiger partial charge >= 0.3 is 0 Å². The lowest BCUT2D eigenvalue weighted by molar-refractivity contribution is 0.734. The fraction of sp³-hybridized carbons (Fsp3) is 0.316. The second-order valence-electron chi connectivity index (χ2n) is 6.65. The molecular formula is C19H20Cl2N6. The maximum atomic E-state index is 6.37. The number of nitrogens with one attached hydrogen (secondary N) is 2. The Morgan fingerprint density at radius 3 is 2.85 bits per heavy atom. The third-order valence-electron chi connectivity index (χ3n) is 4.61. The molecule has 1 aromatic carbocycles. The highest BCUT2D eigenvalue weighted by Crippen LogP contribution is 2.30. The summed E-state index contributed by atoms with van der Waals surface area (Å²) in [5.41, 5.74) is 3.66. The Bertz CT molecular complexity index is 1030. The number of nitrogens with zero attached hydrogens (tertiary/aromatic N) is 4. The van der Waals surface area contributed by atoms with E-state index in [1.807, 2.05) is 32.3 Å². The summed E-state index contributed by atoms with van der Waals surface area (Å²) in [6.07, 6.45) is 4.96.